The van der Waals surface area contributed by atoms with Gasteiger partial charge in [0.25, 0.3) is 0 Å². The van der Waals surface area contributed by atoms with Crippen molar-refractivity contribution in [2.45, 2.75) is 34.6 Å². The zero-order chi connectivity index (χ0) is 19.3. The van der Waals surface area contributed by atoms with Crippen LogP contribution in [0.15, 0.2) is 36.4 Å². The van der Waals surface area contributed by atoms with E-state index in [9.17, 15) is 4.79 Å². The van der Waals surface area contributed by atoms with Crippen LogP contribution in [0.25, 0.3) is 27.5 Å². The van der Waals surface area contributed by atoms with Crippen LogP contribution in [0.1, 0.15) is 37.6 Å². The van der Waals surface area contributed by atoms with Crippen molar-refractivity contribution in [1.82, 2.24) is 9.38 Å². The van der Waals surface area contributed by atoms with E-state index in [0.717, 1.165) is 38.6 Å². The van der Waals surface area contributed by atoms with Crippen LogP contribution in [-0.2, 0) is 0 Å². The number of aryl methyl sites for hydroxylation is 5. The number of hydrogen-bond donors (Lipinski definition) is 0. The highest BCUT2D eigenvalue weighted by molar-refractivity contribution is 7.17. The van der Waals surface area contributed by atoms with Crippen LogP contribution in [0.5, 0.6) is 0 Å². The van der Waals surface area contributed by atoms with E-state index < -0.39 is 0 Å². The maximum atomic E-state index is 12.1. The Hall–Kier alpha value is -2.72. The first kappa shape index (κ1) is 17.7. The summed E-state index contributed by atoms with van der Waals surface area (Å²) in [5, 5.41) is 0. The SMILES string of the molecule is Cc1ccc(-c2nc3sc(C)c(-c4ccc(C)c(C)c4)n3c2C=O)cc1C. The number of aldehydes is 1. The average molecular weight is 375 g/mol. The van der Waals surface area contributed by atoms with E-state index in [2.05, 4.69) is 65.0 Å². The molecule has 4 heteroatoms. The minimum Gasteiger partial charge on any atom is -0.296 e. The summed E-state index contributed by atoms with van der Waals surface area (Å²) in [6.45, 7) is 10.5. The van der Waals surface area contributed by atoms with E-state index in [0.29, 0.717) is 5.69 Å². The van der Waals surface area contributed by atoms with E-state index >= 15 is 0 Å². The van der Waals surface area contributed by atoms with Crippen molar-refractivity contribution >= 4 is 22.6 Å². The molecule has 0 saturated heterocycles. The lowest BCUT2D eigenvalue weighted by Crippen LogP contribution is -1.96. The summed E-state index contributed by atoms with van der Waals surface area (Å²) in [4.78, 5) is 18.9. The Labute approximate surface area is 163 Å². The summed E-state index contributed by atoms with van der Waals surface area (Å²) in [6, 6.07) is 12.7. The predicted molar refractivity (Wildman–Crippen MR) is 113 cm³/mol. The van der Waals surface area contributed by atoms with Crippen molar-refractivity contribution in [2.75, 3.05) is 0 Å². The highest BCUT2D eigenvalue weighted by Crippen LogP contribution is 2.36. The normalized spacial score (nSPS) is 11.3. The van der Waals surface area contributed by atoms with Crippen molar-refractivity contribution in [3.8, 4) is 22.5 Å². The summed E-state index contributed by atoms with van der Waals surface area (Å²) in [5.41, 5.74) is 9.48. The molecule has 0 bridgehead atoms. The standard InChI is InChI=1S/C23H22N2OS/c1-13-6-8-18(10-15(13)3)21-20(12-26)25-22(17(5)27-23(25)24-21)19-9-7-14(2)16(4)11-19/h6-12H,1-5H3. The van der Waals surface area contributed by atoms with Gasteiger partial charge in [0, 0.05) is 10.4 Å². The molecule has 0 atom stereocenters. The third kappa shape index (κ3) is 2.81. The minimum absolute atomic E-state index is 0.617. The largest absolute Gasteiger partial charge is 0.296 e. The van der Waals surface area contributed by atoms with E-state index in [1.54, 1.807) is 11.3 Å². The van der Waals surface area contributed by atoms with Crippen LogP contribution in [0.4, 0.5) is 0 Å². The molecule has 0 aliphatic heterocycles. The number of carbonyl (C=O) groups is 1. The number of nitrogens with zero attached hydrogens (tertiary/aromatic N) is 2. The molecule has 3 nitrogen and oxygen atoms in total. The summed E-state index contributed by atoms with van der Waals surface area (Å²) >= 11 is 1.63. The molecule has 27 heavy (non-hydrogen) atoms. The van der Waals surface area contributed by atoms with Gasteiger partial charge in [-0.25, -0.2) is 4.98 Å². The molecule has 0 unspecified atom stereocenters. The van der Waals surface area contributed by atoms with Crippen LogP contribution in [0.2, 0.25) is 0 Å². The van der Waals surface area contributed by atoms with Crippen LogP contribution < -0.4 is 0 Å². The van der Waals surface area contributed by atoms with Gasteiger partial charge >= 0.3 is 0 Å². The number of imidazole rings is 1. The fourth-order valence-electron chi connectivity index (χ4n) is 3.47. The van der Waals surface area contributed by atoms with Crippen molar-refractivity contribution in [2.24, 2.45) is 0 Å². The molecule has 2 heterocycles. The molecule has 0 fully saturated rings. The van der Waals surface area contributed by atoms with Gasteiger partial charge in [0.05, 0.1) is 5.69 Å². The Bertz CT molecular complexity index is 1200. The van der Waals surface area contributed by atoms with Gasteiger partial charge in [-0.15, -0.1) is 11.3 Å². The number of carbonyl (C=O) groups excluding carboxylic acids is 1. The topological polar surface area (TPSA) is 34.4 Å². The second-order valence-electron chi connectivity index (χ2n) is 7.19. The van der Waals surface area contributed by atoms with Gasteiger partial charge in [0.15, 0.2) is 11.2 Å². The van der Waals surface area contributed by atoms with Crippen molar-refractivity contribution in [3.63, 3.8) is 0 Å². The van der Waals surface area contributed by atoms with Gasteiger partial charge in [-0.05, 0) is 74.6 Å². The molecule has 4 aromatic rings. The van der Waals surface area contributed by atoms with Gasteiger partial charge in [0.2, 0.25) is 0 Å². The maximum Gasteiger partial charge on any atom is 0.195 e. The van der Waals surface area contributed by atoms with Crippen LogP contribution >= 0.6 is 11.3 Å². The first-order chi connectivity index (χ1) is 12.9. The second kappa shape index (κ2) is 6.46. The molecule has 0 spiro atoms. The fourth-order valence-corrected chi connectivity index (χ4v) is 4.47. The fraction of sp³-hybridized carbons (Fsp3) is 0.217. The molecule has 2 aromatic carbocycles. The third-order valence-corrected chi connectivity index (χ3v) is 6.31. The molecule has 0 radical (unpaired) electrons. The van der Waals surface area contributed by atoms with Crippen LogP contribution in [0, 0.1) is 34.6 Å². The first-order valence-electron chi connectivity index (χ1n) is 9.03. The number of hydrogen-bond acceptors (Lipinski definition) is 3. The molecule has 0 saturated carbocycles. The molecule has 136 valence electrons. The van der Waals surface area contributed by atoms with Gasteiger partial charge in [-0.2, -0.15) is 0 Å². The van der Waals surface area contributed by atoms with Gasteiger partial charge in [-0.3, -0.25) is 9.20 Å². The Morgan fingerprint density at radius 1 is 0.852 bits per heavy atom. The molecule has 0 aliphatic rings. The summed E-state index contributed by atoms with van der Waals surface area (Å²) in [6.07, 6.45) is 0.932. The summed E-state index contributed by atoms with van der Waals surface area (Å²) in [5.74, 6) is 0. The zero-order valence-corrected chi connectivity index (χ0v) is 17.1. The lowest BCUT2D eigenvalue weighted by molar-refractivity contribution is 0.111. The number of aromatic nitrogens is 2. The van der Waals surface area contributed by atoms with E-state index in [4.69, 9.17) is 4.98 Å². The van der Waals surface area contributed by atoms with Crippen LogP contribution in [-0.4, -0.2) is 15.7 Å². The highest BCUT2D eigenvalue weighted by Gasteiger charge is 2.21. The molecule has 2 aromatic heterocycles. The van der Waals surface area contributed by atoms with Gasteiger partial charge in [0.1, 0.15) is 11.4 Å². The number of benzene rings is 2. The smallest absolute Gasteiger partial charge is 0.195 e. The van der Waals surface area contributed by atoms with Crippen LogP contribution in [0.3, 0.4) is 0 Å². The van der Waals surface area contributed by atoms with E-state index in [-0.39, 0.29) is 0 Å². The Kier molecular flexibility index (Phi) is 4.23. The Balaban J connectivity index is 2.00. The molecule has 4 rings (SSSR count). The van der Waals surface area contributed by atoms with Gasteiger partial charge in [-0.1, -0.05) is 24.3 Å². The van der Waals surface area contributed by atoms with Crippen molar-refractivity contribution in [3.05, 3.63) is 69.2 Å². The van der Waals surface area contributed by atoms with Crippen molar-refractivity contribution < 1.29 is 4.79 Å². The van der Waals surface area contributed by atoms with Gasteiger partial charge < -0.3 is 0 Å². The molecular weight excluding hydrogens is 352 g/mol. The lowest BCUT2D eigenvalue weighted by Gasteiger charge is -2.08. The van der Waals surface area contributed by atoms with Crippen molar-refractivity contribution in [1.29, 1.82) is 0 Å². The lowest BCUT2D eigenvalue weighted by atomic mass is 10.0. The minimum atomic E-state index is 0.617. The molecule has 0 amide bonds. The monoisotopic (exact) mass is 374 g/mol. The molecular formula is C23H22N2OS. The quantitative estimate of drug-likeness (QED) is 0.407. The summed E-state index contributed by atoms with van der Waals surface area (Å²) < 4.78 is 2.02. The van der Waals surface area contributed by atoms with E-state index in [1.165, 1.54) is 22.3 Å². The maximum absolute atomic E-state index is 12.1. The number of thiazole rings is 1. The highest BCUT2D eigenvalue weighted by atomic mass is 32.1. The predicted octanol–water partition coefficient (Wildman–Crippen LogP) is 6.08. The molecule has 0 N–H and O–H groups in total. The zero-order valence-electron chi connectivity index (χ0n) is 16.3. The third-order valence-electron chi connectivity index (χ3n) is 5.36. The van der Waals surface area contributed by atoms with E-state index in [1.807, 2.05) is 10.5 Å². The number of rotatable bonds is 3. The molecule has 0 aliphatic carbocycles. The second-order valence-corrected chi connectivity index (χ2v) is 8.37. The first-order valence-corrected chi connectivity index (χ1v) is 9.84. The average Bonchev–Trinajstić information content (AvgIpc) is 3.14. The Morgan fingerprint density at radius 2 is 1.44 bits per heavy atom. The summed E-state index contributed by atoms with van der Waals surface area (Å²) in [7, 11) is 0. The number of fused-ring (bicyclic) bond motifs is 1. The Morgan fingerprint density at radius 3 is 2.04 bits per heavy atom.